The van der Waals surface area contributed by atoms with E-state index in [-0.39, 0.29) is 33.4 Å². The number of hydrogen-bond donors (Lipinski definition) is 2. The van der Waals surface area contributed by atoms with E-state index in [2.05, 4.69) is 0 Å². The van der Waals surface area contributed by atoms with E-state index in [4.69, 9.17) is 0 Å². The lowest BCUT2D eigenvalue weighted by Crippen LogP contribution is -2.36. The maximum absolute atomic E-state index is 13.1. The summed E-state index contributed by atoms with van der Waals surface area (Å²) in [5.74, 6) is -5.87. The zero-order chi connectivity index (χ0) is 22.4. The minimum atomic E-state index is -1.13. The Balaban J connectivity index is 2.03. The summed E-state index contributed by atoms with van der Waals surface area (Å²) in [6.07, 6.45) is 0.463. The Hall–Kier alpha value is -3.80. The van der Waals surface area contributed by atoms with Crippen molar-refractivity contribution in [2.75, 3.05) is 0 Å². The lowest BCUT2D eigenvalue weighted by Gasteiger charge is -2.31. The summed E-state index contributed by atoms with van der Waals surface area (Å²) in [6, 6.07) is 12.3. The standard InChI is InChI=1S/C25H20O6/c1-3-12(2)17(18-20(26)13-8-4-6-10-15(13)22(28)24(18)30)19-21(27)14-9-5-7-11-16(14)23(29)25(19)31/h4-12,17,26-27H,3H2,1-2H3/t12-/m1/s1. The van der Waals surface area contributed by atoms with E-state index in [1.165, 1.54) is 24.3 Å². The smallest absolute Gasteiger partial charge is 0.234 e. The molecule has 2 aromatic carbocycles. The van der Waals surface area contributed by atoms with Crippen LogP contribution in [0.1, 0.15) is 52.1 Å². The highest BCUT2D eigenvalue weighted by molar-refractivity contribution is 6.54. The normalized spacial score (nSPS) is 17.3. The zero-order valence-corrected chi connectivity index (χ0v) is 17.0. The minimum absolute atomic E-state index is 0.0752. The average molecular weight is 416 g/mol. The van der Waals surface area contributed by atoms with Crippen molar-refractivity contribution in [3.05, 3.63) is 81.9 Å². The fourth-order valence-electron chi connectivity index (χ4n) is 4.30. The van der Waals surface area contributed by atoms with Crippen molar-refractivity contribution < 1.29 is 29.4 Å². The van der Waals surface area contributed by atoms with Crippen molar-refractivity contribution in [1.29, 1.82) is 0 Å². The fourth-order valence-corrected chi connectivity index (χ4v) is 4.30. The van der Waals surface area contributed by atoms with Crippen molar-refractivity contribution in [3.8, 4) is 0 Å². The van der Waals surface area contributed by atoms with Gasteiger partial charge in [-0.05, 0) is 5.92 Å². The number of fused-ring (bicyclic) bond motifs is 2. The Labute approximate surface area is 178 Å². The highest BCUT2D eigenvalue weighted by Crippen LogP contribution is 2.43. The number of Topliss-reactive ketones (excluding diaryl/α,β-unsaturated/α-hetero) is 4. The molecule has 0 unspecified atom stereocenters. The van der Waals surface area contributed by atoms with Crippen LogP contribution in [0.2, 0.25) is 0 Å². The summed E-state index contributed by atoms with van der Waals surface area (Å²) in [4.78, 5) is 51.7. The van der Waals surface area contributed by atoms with Gasteiger partial charge in [0.05, 0.1) is 11.1 Å². The summed E-state index contributed by atoms with van der Waals surface area (Å²) in [7, 11) is 0. The van der Waals surface area contributed by atoms with Gasteiger partial charge in [-0.3, -0.25) is 19.2 Å². The molecular formula is C25H20O6. The molecule has 4 rings (SSSR count). The molecule has 2 aliphatic rings. The van der Waals surface area contributed by atoms with Gasteiger partial charge >= 0.3 is 0 Å². The quantitative estimate of drug-likeness (QED) is 0.726. The van der Waals surface area contributed by atoms with E-state index in [0.717, 1.165) is 0 Å². The van der Waals surface area contributed by atoms with Crippen molar-refractivity contribution in [2.45, 2.75) is 20.3 Å². The SMILES string of the molecule is CC[C@@H](C)C(C1=C(O)c2ccccc2C(=O)C1=O)C1=C(O)c2ccccc2C(=O)C1=O. The average Bonchev–Trinajstić information content (AvgIpc) is 2.79. The molecule has 0 radical (unpaired) electrons. The Morgan fingerprint density at radius 2 is 1.00 bits per heavy atom. The molecule has 0 amide bonds. The van der Waals surface area contributed by atoms with Crippen LogP contribution in [-0.4, -0.2) is 33.3 Å². The molecule has 6 nitrogen and oxygen atoms in total. The van der Waals surface area contributed by atoms with Gasteiger partial charge in [0.1, 0.15) is 11.5 Å². The molecule has 2 aliphatic carbocycles. The number of aliphatic hydroxyl groups is 2. The van der Waals surface area contributed by atoms with Crippen LogP contribution >= 0.6 is 0 Å². The van der Waals surface area contributed by atoms with Crippen LogP contribution in [0.25, 0.3) is 11.5 Å². The molecule has 2 aromatic rings. The van der Waals surface area contributed by atoms with E-state index >= 15 is 0 Å². The number of benzene rings is 2. The van der Waals surface area contributed by atoms with Crippen molar-refractivity contribution in [1.82, 2.24) is 0 Å². The Kier molecular flexibility index (Phi) is 4.93. The molecule has 6 heteroatoms. The number of carbonyl (C=O) groups is 4. The summed E-state index contributed by atoms with van der Waals surface area (Å²) in [6.45, 7) is 3.56. The van der Waals surface area contributed by atoms with Gasteiger partial charge in [0.25, 0.3) is 0 Å². The third-order valence-electron chi connectivity index (χ3n) is 6.10. The molecule has 0 aromatic heterocycles. The summed E-state index contributed by atoms with van der Waals surface area (Å²) in [5.41, 5.74) is -0.00582. The molecule has 1 atom stereocenters. The van der Waals surface area contributed by atoms with Gasteiger partial charge in [0.2, 0.25) is 23.1 Å². The van der Waals surface area contributed by atoms with Gasteiger partial charge in [-0.2, -0.15) is 0 Å². The highest BCUT2D eigenvalue weighted by Gasteiger charge is 2.45. The first kappa shape index (κ1) is 20.5. The van der Waals surface area contributed by atoms with Gasteiger partial charge in [0.15, 0.2) is 0 Å². The molecule has 31 heavy (non-hydrogen) atoms. The minimum Gasteiger partial charge on any atom is -0.507 e. The molecule has 0 bridgehead atoms. The second-order valence-corrected chi connectivity index (χ2v) is 7.80. The van der Waals surface area contributed by atoms with Gasteiger partial charge in [-0.15, -0.1) is 0 Å². The maximum Gasteiger partial charge on any atom is 0.234 e. The topological polar surface area (TPSA) is 109 Å². The molecule has 0 aliphatic heterocycles. The first-order valence-electron chi connectivity index (χ1n) is 10.0. The third-order valence-corrected chi connectivity index (χ3v) is 6.10. The number of ketones is 4. The van der Waals surface area contributed by atoms with Crippen molar-refractivity contribution in [2.24, 2.45) is 11.8 Å². The number of aliphatic hydroxyl groups excluding tert-OH is 2. The van der Waals surface area contributed by atoms with Gasteiger partial charge < -0.3 is 10.2 Å². The number of rotatable bonds is 4. The van der Waals surface area contributed by atoms with Gasteiger partial charge in [-0.1, -0.05) is 68.8 Å². The number of allylic oxidation sites excluding steroid dienone is 2. The summed E-state index contributed by atoms with van der Waals surface area (Å²) in [5, 5.41) is 22.0. The Morgan fingerprint density at radius 1 is 0.645 bits per heavy atom. The van der Waals surface area contributed by atoms with Crippen LogP contribution in [0.4, 0.5) is 0 Å². The lowest BCUT2D eigenvalue weighted by atomic mass is 9.69. The van der Waals surface area contributed by atoms with E-state index in [9.17, 15) is 29.4 Å². The monoisotopic (exact) mass is 416 g/mol. The molecule has 2 N–H and O–H groups in total. The third kappa shape index (κ3) is 2.94. The van der Waals surface area contributed by atoms with Crippen LogP contribution in [0.3, 0.4) is 0 Å². The van der Waals surface area contributed by atoms with Crippen molar-refractivity contribution in [3.63, 3.8) is 0 Å². The molecule has 0 spiro atoms. The van der Waals surface area contributed by atoms with E-state index in [1.54, 1.807) is 31.2 Å². The largest absolute Gasteiger partial charge is 0.507 e. The second kappa shape index (κ2) is 7.47. The van der Waals surface area contributed by atoms with Crippen molar-refractivity contribution >= 4 is 34.7 Å². The lowest BCUT2D eigenvalue weighted by molar-refractivity contribution is -0.113. The Morgan fingerprint density at radius 3 is 1.35 bits per heavy atom. The molecule has 156 valence electrons. The summed E-state index contributed by atoms with van der Waals surface area (Å²) >= 11 is 0. The maximum atomic E-state index is 13.1. The Bertz CT molecular complexity index is 1140. The van der Waals surface area contributed by atoms with Gasteiger partial charge in [0, 0.05) is 28.2 Å². The zero-order valence-electron chi connectivity index (χ0n) is 17.0. The summed E-state index contributed by atoms with van der Waals surface area (Å²) < 4.78 is 0. The number of carbonyl (C=O) groups excluding carboxylic acids is 4. The van der Waals surface area contributed by atoms with Crippen LogP contribution in [-0.2, 0) is 9.59 Å². The van der Waals surface area contributed by atoms with Crippen LogP contribution in [0.5, 0.6) is 0 Å². The molecular weight excluding hydrogens is 396 g/mol. The molecule has 0 saturated carbocycles. The second-order valence-electron chi connectivity index (χ2n) is 7.80. The number of hydrogen-bond acceptors (Lipinski definition) is 6. The predicted octanol–water partition coefficient (Wildman–Crippen LogP) is 4.12. The molecule has 0 heterocycles. The molecule has 0 saturated heterocycles. The first-order valence-corrected chi connectivity index (χ1v) is 10.0. The molecule has 0 fully saturated rings. The van der Waals surface area contributed by atoms with E-state index in [1.807, 2.05) is 6.92 Å². The van der Waals surface area contributed by atoms with Gasteiger partial charge in [-0.25, -0.2) is 0 Å². The van der Waals surface area contributed by atoms with E-state index < -0.39 is 46.5 Å². The van der Waals surface area contributed by atoms with E-state index in [0.29, 0.717) is 6.42 Å². The van der Waals surface area contributed by atoms with Crippen LogP contribution in [0.15, 0.2) is 59.7 Å². The fraction of sp³-hybridized carbons (Fsp3) is 0.200. The van der Waals surface area contributed by atoms with Crippen LogP contribution < -0.4 is 0 Å². The van der Waals surface area contributed by atoms with Crippen LogP contribution in [0, 0.1) is 11.8 Å². The highest BCUT2D eigenvalue weighted by atomic mass is 16.3. The first-order chi connectivity index (χ1) is 14.8. The predicted molar refractivity (Wildman–Crippen MR) is 114 cm³/mol.